The van der Waals surface area contributed by atoms with E-state index in [1.165, 1.54) is 64.7 Å². The number of rotatable bonds is 24. The molecule has 608 valence electrons. The third-order valence-electron chi connectivity index (χ3n) is 22.8. The fourth-order valence-corrected chi connectivity index (χ4v) is 19.3. The topological polar surface area (TPSA) is 444 Å². The number of carbonyl (C=O) groups is 4. The van der Waals surface area contributed by atoms with Crippen LogP contribution in [0.2, 0.25) is 0 Å². The van der Waals surface area contributed by atoms with E-state index in [-0.39, 0.29) is 146 Å². The quantitative estimate of drug-likeness (QED) is 0.0206. The van der Waals surface area contributed by atoms with Crippen LogP contribution in [-0.2, 0) is 57.0 Å². The van der Waals surface area contributed by atoms with Gasteiger partial charge < -0.3 is 52.5 Å². The molecule has 4 aliphatic rings. The van der Waals surface area contributed by atoms with Crippen molar-refractivity contribution in [2.75, 3.05) is 64.7 Å². The van der Waals surface area contributed by atoms with Crippen molar-refractivity contribution in [2.45, 2.75) is 105 Å². The maximum Gasteiger partial charge on any atom is 0.298 e. The zero-order valence-electron chi connectivity index (χ0n) is 65.6. The van der Waals surface area contributed by atoms with Crippen molar-refractivity contribution in [1.29, 1.82) is 0 Å². The predicted molar refractivity (Wildman–Crippen MR) is 451 cm³/mol. The first-order chi connectivity index (χ1) is 56.9. The van der Waals surface area contributed by atoms with E-state index in [2.05, 4.69) is 56.8 Å². The highest BCUT2D eigenvalue weighted by Crippen LogP contribution is 2.48. The average Bonchev–Trinajstić information content (AvgIpc) is 0.709. The second kappa shape index (κ2) is 31.1. The molecule has 0 spiro atoms. The number of ketones is 4. The zero-order valence-corrected chi connectivity index (χ0v) is 68.1. The van der Waals surface area contributed by atoms with Crippen LogP contribution in [0.25, 0.3) is 44.1 Å². The van der Waals surface area contributed by atoms with Crippen LogP contribution in [0.1, 0.15) is 138 Å². The summed E-state index contributed by atoms with van der Waals surface area (Å²) < 4.78 is 98.2. The van der Waals surface area contributed by atoms with Gasteiger partial charge in [-0.3, -0.25) is 41.3 Å². The van der Waals surface area contributed by atoms with Gasteiger partial charge in [0.05, 0.1) is 82.3 Å². The van der Waals surface area contributed by atoms with E-state index in [0.717, 1.165) is 90.7 Å². The SMILES string of the molecule is COS(=O)(=O)c1cccc(C(=O)c2c3c4c(c(Nc5cc(Nc6nc(N)nc(NC7CCC(CC8CCC(Nc9nc(N)nc(Nc%10cc(Nc%11ccc%12c%13c%11C(=O)c%11ccccc%11-c%13c(C(=O)c%11cccc(C)c%11)c(=O)n%12C)c(C)cc%10S(=O)(=O)OC)n9)CC8)CC7)n6)c(C)cc5S(=O)(=O)OC)ccc4n(C)c2=O)C(=O)c2ccccc2-3)c1. The normalized spacial score (nSPS) is 16.4. The lowest BCUT2D eigenvalue weighted by Crippen LogP contribution is -2.30. The Balaban J connectivity index is 0.581. The van der Waals surface area contributed by atoms with Crippen molar-refractivity contribution in [3.8, 4) is 22.3 Å². The van der Waals surface area contributed by atoms with Gasteiger partial charge in [-0.25, -0.2) is 0 Å². The zero-order chi connectivity index (χ0) is 84.0. The first-order valence-corrected chi connectivity index (χ1v) is 42.4. The molecule has 2 saturated carbocycles. The summed E-state index contributed by atoms with van der Waals surface area (Å²) in [5.41, 5.74) is 16.4. The molecule has 31 nitrogen and oxygen atoms in total. The number of hydrogen-bond acceptors (Lipinski definition) is 29. The largest absolute Gasteiger partial charge is 0.368 e. The Hall–Kier alpha value is -13.0. The number of fused-ring (bicyclic) bond motifs is 4. The highest BCUT2D eigenvalue weighted by Gasteiger charge is 2.39. The predicted octanol–water partition coefficient (Wildman–Crippen LogP) is 12.7. The molecule has 0 saturated heterocycles. The van der Waals surface area contributed by atoms with Gasteiger partial charge in [0, 0.05) is 81.7 Å². The van der Waals surface area contributed by atoms with Crippen molar-refractivity contribution >= 4 is 145 Å². The molecule has 16 rings (SSSR count). The van der Waals surface area contributed by atoms with Crippen molar-refractivity contribution in [3.05, 3.63) is 227 Å². The summed E-state index contributed by atoms with van der Waals surface area (Å²) in [6.07, 6.45) is 8.03. The van der Waals surface area contributed by atoms with Gasteiger partial charge in [-0.15, -0.1) is 0 Å². The second-order valence-electron chi connectivity index (χ2n) is 30.1. The van der Waals surface area contributed by atoms with Crippen LogP contribution < -0.4 is 54.5 Å². The lowest BCUT2D eigenvalue weighted by atomic mass is 9.75. The third-order valence-corrected chi connectivity index (χ3v) is 26.7. The number of hydrogen-bond donors (Lipinski definition) is 8. The number of nitrogens with one attached hydrogen (secondary N) is 6. The summed E-state index contributed by atoms with van der Waals surface area (Å²) in [6.45, 7) is 5.21. The first kappa shape index (κ1) is 79.8. The molecule has 4 aromatic heterocycles. The molecule has 0 amide bonds. The first-order valence-electron chi connectivity index (χ1n) is 38.2. The maximum atomic E-state index is 15.0. The molecule has 0 radical (unpaired) electrons. The summed E-state index contributed by atoms with van der Waals surface area (Å²) in [7, 11) is -7.09. The highest BCUT2D eigenvalue weighted by molar-refractivity contribution is 7.87. The number of aromatic nitrogens is 8. The standard InChI is InChI=1S/C85H80N16O15S3/c1-42-15-13-16-47(35-42)74(102)72-66-52-19-9-11-21-54(52)76(104)68-56(31-33-62(70(66)68)100(4)78(72)106)90-58-40-61(65(36-43(58)2)119(112,113)116-8)93-85-97-81(87)95-83(99-85)89-50-29-25-46(26-30-50)38-45-23-27-49(28-24-45)88-82-94-80(86)96-84(98-82)92-59-41-60(64(37-44(59)3)118(110,111)115-7)91-57-32-34-63-71-67(53-20-10-12-22-55(53)77(105)69(57)71)73(79(107)101(63)5)75(103)48-17-14-18-51(39-48)117(108,109)114-6/h9-22,31-37,39-41,45-46,49-50,90-91H,23-30,38H2,1-8H3,(H4,86,88,92,94,96,98)(H4,87,89,93,95,97,99). The molecule has 12 aromatic rings. The molecule has 0 bridgehead atoms. The average molecular weight is 1660 g/mol. The molecule has 0 atom stereocenters. The lowest BCUT2D eigenvalue weighted by Gasteiger charge is -2.34. The van der Waals surface area contributed by atoms with Gasteiger partial charge >= 0.3 is 0 Å². The van der Waals surface area contributed by atoms with Crippen molar-refractivity contribution in [3.63, 3.8) is 0 Å². The van der Waals surface area contributed by atoms with Crippen molar-refractivity contribution in [2.24, 2.45) is 25.9 Å². The number of nitrogens with zero attached hydrogens (tertiary/aromatic N) is 8. The summed E-state index contributed by atoms with van der Waals surface area (Å²) in [5, 5.41) is 20.3. The fourth-order valence-electron chi connectivity index (χ4n) is 16.8. The van der Waals surface area contributed by atoms with E-state index < -0.39 is 58.8 Å². The van der Waals surface area contributed by atoms with Crippen molar-refractivity contribution in [1.82, 2.24) is 39.0 Å². The lowest BCUT2D eigenvalue weighted by molar-refractivity contribution is 0.102. The van der Waals surface area contributed by atoms with Crippen molar-refractivity contribution < 1.29 is 57.0 Å². The van der Waals surface area contributed by atoms with Crippen LogP contribution >= 0.6 is 0 Å². The molecule has 2 fully saturated rings. The Labute approximate surface area is 682 Å². The molecule has 4 heterocycles. The van der Waals surface area contributed by atoms with Gasteiger partial charge in [-0.2, -0.15) is 55.2 Å². The summed E-state index contributed by atoms with van der Waals surface area (Å²) in [4.78, 5) is 114. The fraction of sp³-hybridized carbons (Fsp3) is 0.247. The van der Waals surface area contributed by atoms with Crippen LogP contribution in [0.15, 0.2) is 170 Å². The molecule has 10 N–H and O–H groups in total. The molecule has 34 heteroatoms. The number of nitrogen functional groups attached to an aromatic ring is 2. The van der Waals surface area contributed by atoms with E-state index in [1.54, 1.807) is 106 Å². The Morgan fingerprint density at radius 3 is 1.26 bits per heavy atom. The third kappa shape index (κ3) is 14.8. The molecule has 0 unspecified atom stereocenters. The number of pyridine rings is 2. The van der Waals surface area contributed by atoms with Crippen LogP contribution in [-0.4, -0.2) is 121 Å². The molecular weight excluding hydrogens is 1580 g/mol. The molecule has 119 heavy (non-hydrogen) atoms. The minimum absolute atomic E-state index is 0.00336. The van der Waals surface area contributed by atoms with Gasteiger partial charge in [-0.05, 0) is 179 Å². The van der Waals surface area contributed by atoms with E-state index >= 15 is 0 Å². The summed E-state index contributed by atoms with van der Waals surface area (Å²) >= 11 is 0. The second-order valence-corrected chi connectivity index (χ2v) is 35.2. The Bertz CT molecular complexity index is 6840. The van der Waals surface area contributed by atoms with E-state index in [0.29, 0.717) is 67.6 Å². The molecule has 4 aliphatic carbocycles. The Kier molecular flexibility index (Phi) is 20.9. The number of aryl methyl sites for hydroxylation is 5. The molecule has 8 aromatic carbocycles. The van der Waals surface area contributed by atoms with Gasteiger partial charge in [0.1, 0.15) is 9.79 Å². The maximum absolute atomic E-state index is 15.0. The monoisotopic (exact) mass is 1660 g/mol. The number of carbonyl (C=O) groups excluding carboxylic acids is 4. The van der Waals surface area contributed by atoms with E-state index in [4.69, 9.17) is 29.0 Å². The Morgan fingerprint density at radius 2 is 0.815 bits per heavy atom. The number of nitrogens with two attached hydrogens (primary N) is 2. The van der Waals surface area contributed by atoms with Crippen LogP contribution in [0.5, 0.6) is 0 Å². The van der Waals surface area contributed by atoms with E-state index in [9.17, 15) is 54.0 Å². The van der Waals surface area contributed by atoms with Gasteiger partial charge in [0.15, 0.2) is 23.1 Å². The Morgan fingerprint density at radius 1 is 0.420 bits per heavy atom. The van der Waals surface area contributed by atoms with Crippen LogP contribution in [0.4, 0.5) is 69.8 Å². The molecule has 0 aliphatic heterocycles. The smallest absolute Gasteiger partial charge is 0.298 e. The minimum Gasteiger partial charge on any atom is -0.368 e. The minimum atomic E-state index is -4.48. The summed E-state index contributed by atoms with van der Waals surface area (Å²) in [5.74, 6) is -1.16. The van der Waals surface area contributed by atoms with Gasteiger partial charge in [0.2, 0.25) is 35.7 Å². The van der Waals surface area contributed by atoms with Crippen LogP contribution in [0.3, 0.4) is 0 Å². The molecular formula is C85H80N16O15S3. The number of anilines is 12. The van der Waals surface area contributed by atoms with Gasteiger partial charge in [-0.1, -0.05) is 84.4 Å². The number of benzene rings is 8. The highest BCUT2D eigenvalue weighted by atomic mass is 32.2. The summed E-state index contributed by atoms with van der Waals surface area (Å²) in [6, 6.07) is 37.6. The van der Waals surface area contributed by atoms with Gasteiger partial charge in [0.25, 0.3) is 41.5 Å². The van der Waals surface area contributed by atoms with Crippen LogP contribution in [0, 0.1) is 32.6 Å². The van der Waals surface area contributed by atoms with E-state index in [1.807, 2.05) is 13.0 Å².